The normalized spacial score (nSPS) is 25.2. The molecule has 25 heavy (non-hydrogen) atoms. The quantitative estimate of drug-likeness (QED) is 0.795. The van der Waals surface area contributed by atoms with Crippen molar-refractivity contribution in [1.82, 2.24) is 24.9 Å². The molecule has 1 aromatic heterocycles. The molecule has 138 valence electrons. The summed E-state index contributed by atoms with van der Waals surface area (Å²) in [4.78, 5) is 27.9. The van der Waals surface area contributed by atoms with Crippen molar-refractivity contribution in [2.75, 3.05) is 46.4 Å². The lowest BCUT2D eigenvalue weighted by Crippen LogP contribution is -2.48. The zero-order chi connectivity index (χ0) is 17.8. The second-order valence-corrected chi connectivity index (χ2v) is 6.88. The molecule has 2 aliphatic rings. The van der Waals surface area contributed by atoms with E-state index in [4.69, 9.17) is 4.74 Å². The maximum atomic E-state index is 12.3. The molecule has 1 aromatic rings. The number of rotatable bonds is 5. The van der Waals surface area contributed by atoms with Gasteiger partial charge in [-0.1, -0.05) is 0 Å². The molecular weight excluding hydrogens is 322 g/mol. The summed E-state index contributed by atoms with van der Waals surface area (Å²) in [5.41, 5.74) is 1.17. The molecule has 0 aromatic carbocycles. The molecule has 3 heterocycles. The van der Waals surface area contributed by atoms with Crippen LogP contribution >= 0.6 is 0 Å². The molecule has 2 atom stereocenters. The van der Waals surface area contributed by atoms with Gasteiger partial charge in [-0.25, -0.2) is 0 Å². The third-order valence-electron chi connectivity index (χ3n) is 5.15. The molecule has 1 N–H and O–H groups in total. The summed E-state index contributed by atoms with van der Waals surface area (Å²) in [5, 5.41) is 7.31. The van der Waals surface area contributed by atoms with Crippen molar-refractivity contribution in [3.8, 4) is 0 Å². The number of morpholine rings is 1. The number of nitrogens with one attached hydrogen (secondary N) is 1. The Balaban J connectivity index is 1.57. The van der Waals surface area contributed by atoms with Crippen molar-refractivity contribution in [1.29, 1.82) is 0 Å². The van der Waals surface area contributed by atoms with E-state index < -0.39 is 0 Å². The molecule has 2 fully saturated rings. The molecule has 8 heteroatoms. The zero-order valence-electron chi connectivity index (χ0n) is 15.0. The van der Waals surface area contributed by atoms with Gasteiger partial charge < -0.3 is 15.0 Å². The average Bonchev–Trinajstić information content (AvgIpc) is 3.01. The van der Waals surface area contributed by atoms with Crippen molar-refractivity contribution < 1.29 is 14.3 Å². The van der Waals surface area contributed by atoms with Gasteiger partial charge in [-0.2, -0.15) is 5.10 Å². The summed E-state index contributed by atoms with van der Waals surface area (Å²) in [6, 6.07) is 2.29. The van der Waals surface area contributed by atoms with Crippen molar-refractivity contribution in [2.24, 2.45) is 13.0 Å². The van der Waals surface area contributed by atoms with Gasteiger partial charge >= 0.3 is 0 Å². The van der Waals surface area contributed by atoms with Crippen LogP contribution in [-0.4, -0.2) is 77.8 Å². The number of aryl methyl sites for hydroxylation is 1. The van der Waals surface area contributed by atoms with Crippen LogP contribution in [0.15, 0.2) is 12.3 Å². The van der Waals surface area contributed by atoms with E-state index in [1.165, 1.54) is 5.69 Å². The third-order valence-corrected chi connectivity index (χ3v) is 5.15. The number of likely N-dealkylation sites (tertiary alicyclic amines) is 1. The predicted molar refractivity (Wildman–Crippen MR) is 91.7 cm³/mol. The first-order valence-corrected chi connectivity index (χ1v) is 8.86. The van der Waals surface area contributed by atoms with E-state index in [-0.39, 0.29) is 31.0 Å². The van der Waals surface area contributed by atoms with Crippen LogP contribution in [0.5, 0.6) is 0 Å². The fourth-order valence-electron chi connectivity index (χ4n) is 3.81. The maximum Gasteiger partial charge on any atom is 0.249 e. The van der Waals surface area contributed by atoms with Gasteiger partial charge in [0, 0.05) is 26.3 Å². The van der Waals surface area contributed by atoms with Crippen LogP contribution in [0, 0.1) is 5.92 Å². The Bertz CT molecular complexity index is 617. The SMILES string of the molecule is CN1CCC[C@@H](CNC(=O)CN2CCOCC2=O)[C@@H]1c1ccnn1C. The molecule has 0 aliphatic carbocycles. The molecule has 2 aliphatic heterocycles. The predicted octanol–water partition coefficient (Wildman–Crippen LogP) is -0.222. The molecular formula is C17H27N5O3. The molecule has 2 amide bonds. The van der Waals surface area contributed by atoms with E-state index in [2.05, 4.69) is 22.4 Å². The van der Waals surface area contributed by atoms with Crippen LogP contribution in [0.3, 0.4) is 0 Å². The number of nitrogens with zero attached hydrogens (tertiary/aromatic N) is 4. The highest BCUT2D eigenvalue weighted by molar-refractivity contribution is 5.85. The van der Waals surface area contributed by atoms with E-state index >= 15 is 0 Å². The van der Waals surface area contributed by atoms with Gasteiger partial charge in [0.2, 0.25) is 11.8 Å². The first-order valence-electron chi connectivity index (χ1n) is 8.86. The van der Waals surface area contributed by atoms with E-state index in [1.807, 2.05) is 24.0 Å². The molecule has 2 saturated heterocycles. The fourth-order valence-corrected chi connectivity index (χ4v) is 3.81. The van der Waals surface area contributed by atoms with E-state index in [9.17, 15) is 9.59 Å². The summed E-state index contributed by atoms with van der Waals surface area (Å²) in [7, 11) is 4.08. The highest BCUT2D eigenvalue weighted by atomic mass is 16.5. The molecule has 0 unspecified atom stereocenters. The number of amides is 2. The van der Waals surface area contributed by atoms with E-state index in [0.717, 1.165) is 19.4 Å². The van der Waals surface area contributed by atoms with Gasteiger partial charge in [0.05, 0.1) is 24.9 Å². The van der Waals surface area contributed by atoms with Crippen LogP contribution in [0.1, 0.15) is 24.6 Å². The Morgan fingerprint density at radius 1 is 1.40 bits per heavy atom. The topological polar surface area (TPSA) is 79.7 Å². The largest absolute Gasteiger partial charge is 0.370 e. The first kappa shape index (κ1) is 17.9. The standard InChI is InChI=1S/C17H27N5O3/c1-20-7-3-4-13(17(20)14-5-6-19-21(14)2)10-18-15(23)11-22-8-9-25-12-16(22)24/h5-6,13,17H,3-4,7-12H2,1-2H3,(H,18,23)/t13-,17+/m0/s1. The number of carbonyl (C=O) groups is 2. The second-order valence-electron chi connectivity index (χ2n) is 6.88. The van der Waals surface area contributed by atoms with Crippen LogP contribution in [-0.2, 0) is 21.4 Å². The third kappa shape index (κ3) is 4.19. The van der Waals surface area contributed by atoms with Crippen LogP contribution < -0.4 is 5.32 Å². The first-order chi connectivity index (χ1) is 12.1. The lowest BCUT2D eigenvalue weighted by molar-refractivity contribution is -0.145. The maximum absolute atomic E-state index is 12.3. The monoisotopic (exact) mass is 349 g/mol. The van der Waals surface area contributed by atoms with Crippen LogP contribution in [0.25, 0.3) is 0 Å². The minimum absolute atomic E-state index is 0.0727. The van der Waals surface area contributed by atoms with E-state index in [0.29, 0.717) is 25.6 Å². The molecule has 0 bridgehead atoms. The highest BCUT2D eigenvalue weighted by Crippen LogP contribution is 2.34. The number of carbonyl (C=O) groups excluding carboxylic acids is 2. The number of aromatic nitrogens is 2. The Hall–Kier alpha value is -1.93. The number of piperidine rings is 1. The van der Waals surface area contributed by atoms with Gasteiger partial charge in [-0.15, -0.1) is 0 Å². The molecule has 0 spiro atoms. The number of hydrogen-bond acceptors (Lipinski definition) is 5. The molecule has 8 nitrogen and oxygen atoms in total. The van der Waals surface area contributed by atoms with Crippen molar-refractivity contribution in [2.45, 2.75) is 18.9 Å². The van der Waals surface area contributed by atoms with Crippen molar-refractivity contribution in [3.05, 3.63) is 18.0 Å². The van der Waals surface area contributed by atoms with Crippen molar-refractivity contribution in [3.63, 3.8) is 0 Å². The zero-order valence-corrected chi connectivity index (χ0v) is 15.0. The number of hydrogen-bond donors (Lipinski definition) is 1. The highest BCUT2D eigenvalue weighted by Gasteiger charge is 2.32. The Kier molecular flexibility index (Phi) is 5.70. The summed E-state index contributed by atoms with van der Waals surface area (Å²) in [6.45, 7) is 2.82. The molecule has 3 rings (SSSR count). The summed E-state index contributed by atoms with van der Waals surface area (Å²) in [5.74, 6) is 0.109. The van der Waals surface area contributed by atoms with Crippen LogP contribution in [0.4, 0.5) is 0 Å². The van der Waals surface area contributed by atoms with Gasteiger partial charge in [-0.3, -0.25) is 19.2 Å². The summed E-state index contributed by atoms with van der Waals surface area (Å²) < 4.78 is 7.00. The van der Waals surface area contributed by atoms with E-state index in [1.54, 1.807) is 4.90 Å². The molecule has 0 saturated carbocycles. The van der Waals surface area contributed by atoms with Crippen molar-refractivity contribution >= 4 is 11.8 Å². The Labute approximate surface area is 148 Å². The number of ether oxygens (including phenoxy) is 1. The minimum atomic E-state index is -0.119. The minimum Gasteiger partial charge on any atom is -0.370 e. The molecule has 0 radical (unpaired) electrons. The average molecular weight is 349 g/mol. The smallest absolute Gasteiger partial charge is 0.249 e. The van der Waals surface area contributed by atoms with Gasteiger partial charge in [0.1, 0.15) is 6.61 Å². The lowest BCUT2D eigenvalue weighted by Gasteiger charge is -2.39. The Morgan fingerprint density at radius 3 is 2.96 bits per heavy atom. The second kappa shape index (κ2) is 7.97. The van der Waals surface area contributed by atoms with Gasteiger partial charge in [-0.05, 0) is 38.4 Å². The Morgan fingerprint density at radius 2 is 2.24 bits per heavy atom. The lowest BCUT2D eigenvalue weighted by atomic mass is 9.87. The fraction of sp³-hybridized carbons (Fsp3) is 0.706. The summed E-state index contributed by atoms with van der Waals surface area (Å²) in [6.07, 6.45) is 4.00. The summed E-state index contributed by atoms with van der Waals surface area (Å²) >= 11 is 0. The van der Waals surface area contributed by atoms with Gasteiger partial charge in [0.15, 0.2) is 0 Å². The van der Waals surface area contributed by atoms with Crippen LogP contribution in [0.2, 0.25) is 0 Å². The van der Waals surface area contributed by atoms with Gasteiger partial charge in [0.25, 0.3) is 0 Å².